The van der Waals surface area contributed by atoms with E-state index in [-0.39, 0.29) is 6.04 Å². The molecule has 0 radical (unpaired) electrons. The molecule has 0 spiro atoms. The van der Waals surface area contributed by atoms with Gasteiger partial charge in [0.05, 0.1) is 0 Å². The molecule has 5 nitrogen and oxygen atoms in total. The van der Waals surface area contributed by atoms with Crippen molar-refractivity contribution in [1.29, 1.82) is 0 Å². The zero-order valence-corrected chi connectivity index (χ0v) is 13.7. The van der Waals surface area contributed by atoms with Crippen LogP contribution < -0.4 is 0 Å². The molecule has 0 aromatic carbocycles. The standard InChI is InChI=1S/C16H29NO4/c1-12(14(18)19)17(15(20)21-16(2,3)4)13-10-8-6-5-7-9-11-13/h12-13H,5-11H2,1-4H3,(H,18,19)/t12-/m0/s1. The first-order valence-electron chi connectivity index (χ1n) is 7.96. The Morgan fingerprint density at radius 1 is 1.10 bits per heavy atom. The lowest BCUT2D eigenvalue weighted by atomic mass is 9.95. The van der Waals surface area contributed by atoms with Gasteiger partial charge in [0.25, 0.3) is 0 Å². The summed E-state index contributed by atoms with van der Waals surface area (Å²) in [4.78, 5) is 25.2. The number of hydrogen-bond acceptors (Lipinski definition) is 3. The highest BCUT2D eigenvalue weighted by Crippen LogP contribution is 2.25. The summed E-state index contributed by atoms with van der Waals surface area (Å²) < 4.78 is 5.42. The zero-order chi connectivity index (χ0) is 16.0. The summed E-state index contributed by atoms with van der Waals surface area (Å²) in [6.07, 6.45) is 6.82. The fraction of sp³-hybridized carbons (Fsp3) is 0.875. The number of ether oxygens (including phenoxy) is 1. The fourth-order valence-electron chi connectivity index (χ4n) is 2.77. The maximum absolute atomic E-state index is 12.4. The summed E-state index contributed by atoms with van der Waals surface area (Å²) >= 11 is 0. The first-order valence-corrected chi connectivity index (χ1v) is 7.96. The van der Waals surface area contributed by atoms with Gasteiger partial charge in [-0.25, -0.2) is 9.59 Å². The number of carboxylic acids is 1. The van der Waals surface area contributed by atoms with Gasteiger partial charge in [-0.15, -0.1) is 0 Å². The van der Waals surface area contributed by atoms with Gasteiger partial charge in [0.1, 0.15) is 11.6 Å². The lowest BCUT2D eigenvalue weighted by Crippen LogP contribution is -2.51. The number of carboxylic acid groups (broad SMARTS) is 1. The summed E-state index contributed by atoms with van der Waals surface area (Å²) in [5.74, 6) is -0.983. The van der Waals surface area contributed by atoms with Crippen molar-refractivity contribution in [2.24, 2.45) is 0 Å². The van der Waals surface area contributed by atoms with E-state index in [0.29, 0.717) is 0 Å². The molecule has 5 heteroatoms. The van der Waals surface area contributed by atoms with Gasteiger partial charge < -0.3 is 9.84 Å². The van der Waals surface area contributed by atoms with E-state index in [9.17, 15) is 14.7 Å². The van der Waals surface area contributed by atoms with Crippen LogP contribution in [0.15, 0.2) is 0 Å². The molecule has 0 aromatic heterocycles. The molecule has 0 aromatic rings. The molecule has 1 rings (SSSR count). The summed E-state index contributed by atoms with van der Waals surface area (Å²) in [6.45, 7) is 6.96. The lowest BCUT2D eigenvalue weighted by Gasteiger charge is -2.36. The number of aliphatic carboxylic acids is 1. The number of carbonyl (C=O) groups excluding carboxylic acids is 1. The highest BCUT2D eigenvalue weighted by atomic mass is 16.6. The topological polar surface area (TPSA) is 66.8 Å². The Labute approximate surface area is 127 Å². The molecule has 1 atom stereocenters. The average Bonchev–Trinajstić information content (AvgIpc) is 2.29. The second kappa shape index (κ2) is 7.66. The smallest absolute Gasteiger partial charge is 0.411 e. The first-order chi connectivity index (χ1) is 9.72. The molecule has 122 valence electrons. The molecule has 0 heterocycles. The quantitative estimate of drug-likeness (QED) is 0.860. The van der Waals surface area contributed by atoms with Gasteiger partial charge in [0, 0.05) is 6.04 Å². The minimum Gasteiger partial charge on any atom is -0.480 e. The maximum atomic E-state index is 12.4. The van der Waals surface area contributed by atoms with Crippen LogP contribution in [0.4, 0.5) is 4.79 Å². The van der Waals surface area contributed by atoms with Gasteiger partial charge in [0.15, 0.2) is 0 Å². The third kappa shape index (κ3) is 5.94. The van der Waals surface area contributed by atoms with E-state index < -0.39 is 23.7 Å². The van der Waals surface area contributed by atoms with Gasteiger partial charge in [0.2, 0.25) is 0 Å². The van der Waals surface area contributed by atoms with Crippen molar-refractivity contribution in [1.82, 2.24) is 4.90 Å². The Morgan fingerprint density at radius 2 is 1.57 bits per heavy atom. The fourth-order valence-corrected chi connectivity index (χ4v) is 2.77. The lowest BCUT2D eigenvalue weighted by molar-refractivity contribution is -0.143. The number of nitrogens with zero attached hydrogens (tertiary/aromatic N) is 1. The van der Waals surface area contributed by atoms with Crippen molar-refractivity contribution in [3.8, 4) is 0 Å². The van der Waals surface area contributed by atoms with Crippen LogP contribution in [0.5, 0.6) is 0 Å². The van der Waals surface area contributed by atoms with E-state index in [2.05, 4.69) is 0 Å². The molecular formula is C16H29NO4. The molecule has 1 saturated carbocycles. The molecule has 1 fully saturated rings. The van der Waals surface area contributed by atoms with Crippen molar-refractivity contribution in [2.75, 3.05) is 0 Å². The van der Waals surface area contributed by atoms with Crippen LogP contribution >= 0.6 is 0 Å². The summed E-state index contributed by atoms with van der Waals surface area (Å²) in [5.41, 5.74) is -0.616. The summed E-state index contributed by atoms with van der Waals surface area (Å²) in [7, 11) is 0. The van der Waals surface area contributed by atoms with Crippen LogP contribution in [0, 0.1) is 0 Å². The Hall–Kier alpha value is -1.26. The maximum Gasteiger partial charge on any atom is 0.411 e. The van der Waals surface area contributed by atoms with Gasteiger partial charge in [-0.3, -0.25) is 4.90 Å². The number of rotatable bonds is 3. The van der Waals surface area contributed by atoms with E-state index in [1.165, 1.54) is 11.3 Å². The van der Waals surface area contributed by atoms with E-state index in [1.54, 1.807) is 27.7 Å². The van der Waals surface area contributed by atoms with Gasteiger partial charge in [-0.05, 0) is 40.5 Å². The third-order valence-corrected chi connectivity index (χ3v) is 3.85. The highest BCUT2D eigenvalue weighted by molar-refractivity contribution is 5.80. The number of carbonyl (C=O) groups is 2. The van der Waals surface area contributed by atoms with E-state index in [1.807, 2.05) is 0 Å². The Morgan fingerprint density at radius 3 is 2.00 bits per heavy atom. The SMILES string of the molecule is C[C@@H](C(=O)O)N(C(=O)OC(C)(C)C)C1CCCCCCC1. The van der Waals surface area contributed by atoms with E-state index >= 15 is 0 Å². The summed E-state index contributed by atoms with van der Waals surface area (Å²) in [5, 5.41) is 9.31. The molecule has 1 amide bonds. The van der Waals surface area contributed by atoms with Crippen molar-refractivity contribution in [3.63, 3.8) is 0 Å². The zero-order valence-electron chi connectivity index (χ0n) is 13.7. The molecular weight excluding hydrogens is 270 g/mol. The van der Waals surface area contributed by atoms with Crippen LogP contribution in [0.25, 0.3) is 0 Å². The highest BCUT2D eigenvalue weighted by Gasteiger charge is 2.35. The molecule has 0 saturated heterocycles. The van der Waals surface area contributed by atoms with Crippen molar-refractivity contribution in [3.05, 3.63) is 0 Å². The molecule has 1 aliphatic carbocycles. The number of amides is 1. The van der Waals surface area contributed by atoms with Crippen molar-refractivity contribution in [2.45, 2.75) is 90.3 Å². The second-order valence-corrected chi connectivity index (χ2v) is 6.90. The molecule has 1 N–H and O–H groups in total. The third-order valence-electron chi connectivity index (χ3n) is 3.85. The summed E-state index contributed by atoms with van der Waals surface area (Å²) in [6, 6.07) is -0.893. The van der Waals surface area contributed by atoms with Gasteiger partial charge in [-0.1, -0.05) is 32.1 Å². The van der Waals surface area contributed by atoms with Crippen LogP contribution in [0.2, 0.25) is 0 Å². The van der Waals surface area contributed by atoms with Crippen LogP contribution in [0.1, 0.15) is 72.6 Å². The largest absolute Gasteiger partial charge is 0.480 e. The predicted molar refractivity (Wildman–Crippen MR) is 81.3 cm³/mol. The van der Waals surface area contributed by atoms with Crippen molar-refractivity contribution >= 4 is 12.1 Å². The number of hydrogen-bond donors (Lipinski definition) is 1. The Balaban J connectivity index is 2.89. The molecule has 0 unspecified atom stereocenters. The van der Waals surface area contributed by atoms with Crippen molar-refractivity contribution < 1.29 is 19.4 Å². The normalized spacial score (nSPS) is 19.2. The molecule has 1 aliphatic rings. The Kier molecular flexibility index (Phi) is 6.49. The van der Waals surface area contributed by atoms with Crippen LogP contribution in [0.3, 0.4) is 0 Å². The first kappa shape index (κ1) is 17.8. The second-order valence-electron chi connectivity index (χ2n) is 6.90. The van der Waals surface area contributed by atoms with E-state index in [4.69, 9.17) is 4.74 Å². The van der Waals surface area contributed by atoms with Gasteiger partial charge in [-0.2, -0.15) is 0 Å². The van der Waals surface area contributed by atoms with E-state index in [0.717, 1.165) is 38.5 Å². The van der Waals surface area contributed by atoms with Crippen LogP contribution in [-0.2, 0) is 9.53 Å². The Bertz CT molecular complexity index is 354. The monoisotopic (exact) mass is 299 g/mol. The molecule has 21 heavy (non-hydrogen) atoms. The predicted octanol–water partition coefficient (Wildman–Crippen LogP) is 3.81. The molecule has 0 bridgehead atoms. The van der Waals surface area contributed by atoms with Crippen LogP contribution in [-0.4, -0.2) is 39.8 Å². The minimum absolute atomic E-state index is 0.0359. The molecule has 0 aliphatic heterocycles. The minimum atomic E-state index is -0.983. The average molecular weight is 299 g/mol. The van der Waals surface area contributed by atoms with Gasteiger partial charge >= 0.3 is 12.1 Å².